The molecule has 3 heteroatoms. The van der Waals surface area contributed by atoms with Crippen molar-refractivity contribution < 1.29 is 0 Å². The zero-order valence-electron chi connectivity index (χ0n) is 12.7. The maximum Gasteiger partial charge on any atom is -0.00296 e. The van der Waals surface area contributed by atoms with Crippen LogP contribution in [0.4, 0.5) is 0 Å². The predicted octanol–water partition coefficient (Wildman–Crippen LogP) is 5.39. The molecule has 0 nitrogen and oxygen atoms in total. The van der Waals surface area contributed by atoms with E-state index in [1.165, 1.54) is 21.4 Å². The summed E-state index contributed by atoms with van der Waals surface area (Å²) < 4.78 is 0. The van der Waals surface area contributed by atoms with E-state index in [9.17, 15) is 0 Å². The molecule has 0 unspecified atom stereocenters. The molecule has 0 N–H and O–H groups in total. The lowest BCUT2D eigenvalue weighted by molar-refractivity contribution is 1.74. The Labute approximate surface area is 155 Å². The van der Waals surface area contributed by atoms with Crippen molar-refractivity contribution in [3.05, 3.63) is 103 Å². The zero-order valence-corrected chi connectivity index (χ0v) is 16.0. The van der Waals surface area contributed by atoms with Gasteiger partial charge in [-0.25, -0.2) is 0 Å². The van der Waals surface area contributed by atoms with E-state index < -0.39 is 7.92 Å². The highest BCUT2D eigenvalue weighted by molar-refractivity contribution is 8.93. The lowest BCUT2D eigenvalue weighted by Gasteiger charge is -2.18. The number of rotatable bonds is 3. The van der Waals surface area contributed by atoms with Crippen molar-refractivity contribution in [2.75, 3.05) is 0 Å². The van der Waals surface area contributed by atoms with Gasteiger partial charge in [-0.05, 0) is 29.4 Å². The third-order valence-corrected chi connectivity index (χ3v) is 5.49. The molecule has 0 aliphatic heterocycles. The molecule has 0 atom stereocenters. The molecule has 0 saturated carbocycles. The van der Waals surface area contributed by atoms with Crippen LogP contribution in [0.5, 0.6) is 0 Å². The van der Waals surface area contributed by atoms with Crippen LogP contribution in [0.15, 0.2) is 103 Å². The average molecular weight is 406 g/mol. The SMILES string of the molecule is Br.C=CCl.c1ccc(P(c2ccccc2)c2ccccc2)cc1. The van der Waals surface area contributed by atoms with Gasteiger partial charge in [0, 0.05) is 0 Å². The molecule has 3 aromatic carbocycles. The molecule has 0 bridgehead atoms. The predicted molar refractivity (Wildman–Crippen MR) is 112 cm³/mol. The lowest BCUT2D eigenvalue weighted by atomic mass is 10.4. The van der Waals surface area contributed by atoms with Gasteiger partial charge in [0.05, 0.1) is 0 Å². The Bertz CT molecular complexity index is 578. The molecule has 0 aliphatic carbocycles. The van der Waals surface area contributed by atoms with E-state index in [0.717, 1.165) is 0 Å². The first-order valence-corrected chi connectivity index (χ1v) is 8.81. The maximum atomic E-state index is 4.76. The third kappa shape index (κ3) is 5.95. The monoisotopic (exact) mass is 404 g/mol. The zero-order chi connectivity index (χ0) is 15.6. The number of hydrogen-bond donors (Lipinski definition) is 0. The first-order valence-electron chi connectivity index (χ1n) is 7.03. The summed E-state index contributed by atoms with van der Waals surface area (Å²) in [5, 5.41) is 4.19. The van der Waals surface area contributed by atoms with E-state index in [-0.39, 0.29) is 17.0 Å². The molecule has 0 radical (unpaired) electrons. The molecule has 0 saturated heterocycles. The van der Waals surface area contributed by atoms with Gasteiger partial charge in [-0.15, -0.1) is 17.0 Å². The quantitative estimate of drug-likeness (QED) is 0.512. The summed E-state index contributed by atoms with van der Waals surface area (Å²) in [6, 6.07) is 32.3. The molecule has 0 fully saturated rings. The molecule has 0 aromatic heterocycles. The fraction of sp³-hybridized carbons (Fsp3) is 0. The summed E-state index contributed by atoms with van der Waals surface area (Å²) in [6.07, 6.45) is 0. The molecule has 0 aliphatic rings. The Morgan fingerprint density at radius 1 is 0.609 bits per heavy atom. The molecule has 0 spiro atoms. The van der Waals surface area contributed by atoms with Crippen LogP contribution in [-0.4, -0.2) is 0 Å². The molecule has 3 aromatic rings. The molecule has 23 heavy (non-hydrogen) atoms. The Morgan fingerprint density at radius 2 is 0.826 bits per heavy atom. The molecule has 0 amide bonds. The minimum Gasteiger partial charge on any atom is -0.114 e. The van der Waals surface area contributed by atoms with Gasteiger partial charge in [-0.1, -0.05) is 109 Å². The summed E-state index contributed by atoms with van der Waals surface area (Å²) in [4.78, 5) is 0. The Morgan fingerprint density at radius 3 is 1.04 bits per heavy atom. The average Bonchev–Trinajstić information content (AvgIpc) is 2.59. The topological polar surface area (TPSA) is 0 Å². The van der Waals surface area contributed by atoms with Gasteiger partial charge in [-0.3, -0.25) is 0 Å². The van der Waals surface area contributed by atoms with Gasteiger partial charge in [0.15, 0.2) is 0 Å². The van der Waals surface area contributed by atoms with Crippen molar-refractivity contribution in [3.8, 4) is 0 Å². The van der Waals surface area contributed by atoms with Gasteiger partial charge in [-0.2, -0.15) is 0 Å². The van der Waals surface area contributed by atoms with Crippen molar-refractivity contribution in [2.45, 2.75) is 0 Å². The summed E-state index contributed by atoms with van der Waals surface area (Å²) in [7, 11) is -0.446. The largest absolute Gasteiger partial charge is 0.114 e. The van der Waals surface area contributed by atoms with E-state index >= 15 is 0 Å². The lowest BCUT2D eigenvalue weighted by Crippen LogP contribution is -2.20. The second-order valence-corrected chi connectivity index (χ2v) is 7.02. The van der Waals surface area contributed by atoms with Crippen molar-refractivity contribution in [2.24, 2.45) is 0 Å². The van der Waals surface area contributed by atoms with Gasteiger partial charge < -0.3 is 0 Å². The van der Waals surface area contributed by atoms with E-state index in [4.69, 9.17) is 11.6 Å². The van der Waals surface area contributed by atoms with Crippen molar-refractivity contribution >= 4 is 52.4 Å². The highest BCUT2D eigenvalue weighted by Crippen LogP contribution is 2.32. The summed E-state index contributed by atoms with van der Waals surface area (Å²) in [5.74, 6) is 0. The minimum atomic E-state index is -0.446. The molecule has 3 rings (SSSR count). The van der Waals surface area contributed by atoms with Crippen molar-refractivity contribution in [3.63, 3.8) is 0 Å². The number of halogens is 2. The van der Waals surface area contributed by atoms with E-state index in [2.05, 4.69) is 97.6 Å². The van der Waals surface area contributed by atoms with Crippen LogP contribution in [0.3, 0.4) is 0 Å². The van der Waals surface area contributed by atoms with E-state index in [1.807, 2.05) is 0 Å². The van der Waals surface area contributed by atoms with Gasteiger partial charge in [0.2, 0.25) is 0 Å². The van der Waals surface area contributed by atoms with Crippen molar-refractivity contribution in [1.29, 1.82) is 0 Å². The van der Waals surface area contributed by atoms with Gasteiger partial charge >= 0.3 is 0 Å². The highest BCUT2D eigenvalue weighted by atomic mass is 79.9. The third-order valence-electron chi connectivity index (χ3n) is 3.04. The van der Waals surface area contributed by atoms with E-state index in [0.29, 0.717) is 0 Å². The standard InChI is InChI=1S/C18H15P.C2H3Cl.BrH/c1-4-10-16(11-5-1)19(17-12-6-2-7-13-17)18-14-8-3-9-15-18;1-2-3;/h1-15H;2H,1H2;1H. The Hall–Kier alpha value is -1.40. The van der Waals surface area contributed by atoms with Crippen LogP contribution >= 0.6 is 36.5 Å². The van der Waals surface area contributed by atoms with Crippen LogP contribution in [0.1, 0.15) is 0 Å². The van der Waals surface area contributed by atoms with Crippen LogP contribution in [0, 0.1) is 0 Å². The van der Waals surface area contributed by atoms with Crippen molar-refractivity contribution in [1.82, 2.24) is 0 Å². The van der Waals surface area contributed by atoms with Crippen LogP contribution in [0.25, 0.3) is 0 Å². The fourth-order valence-electron chi connectivity index (χ4n) is 2.18. The van der Waals surface area contributed by atoms with Crippen LogP contribution in [0.2, 0.25) is 0 Å². The molecular formula is C20H19BrClP. The summed E-state index contributed by atoms with van der Waals surface area (Å²) >= 11 is 4.76. The number of benzene rings is 3. The Balaban J connectivity index is 0.000000615. The normalized spacial score (nSPS) is 9.30. The minimum absolute atomic E-state index is 0. The van der Waals surface area contributed by atoms with E-state index in [1.54, 1.807) is 0 Å². The number of hydrogen-bond acceptors (Lipinski definition) is 0. The summed E-state index contributed by atoms with van der Waals surface area (Å²) in [6.45, 7) is 3.13. The van der Waals surface area contributed by atoms with Gasteiger partial charge in [0.25, 0.3) is 0 Å². The Kier molecular flexibility index (Phi) is 9.55. The second kappa shape index (κ2) is 11.2. The van der Waals surface area contributed by atoms with Crippen LogP contribution in [-0.2, 0) is 0 Å². The maximum absolute atomic E-state index is 4.76. The first kappa shape index (κ1) is 19.6. The first-order chi connectivity index (χ1) is 10.9. The second-order valence-electron chi connectivity index (χ2n) is 4.50. The summed E-state index contributed by atoms with van der Waals surface area (Å²) in [5.41, 5.74) is 1.22. The van der Waals surface area contributed by atoms with Crippen LogP contribution < -0.4 is 15.9 Å². The fourth-order valence-corrected chi connectivity index (χ4v) is 4.48. The molecule has 118 valence electrons. The molecule has 0 heterocycles. The molecular weight excluding hydrogens is 387 g/mol. The smallest absolute Gasteiger partial charge is 0.00296 e. The highest BCUT2D eigenvalue weighted by Gasteiger charge is 2.14. The van der Waals surface area contributed by atoms with Gasteiger partial charge in [0.1, 0.15) is 0 Å².